The first-order valence-electron chi connectivity index (χ1n) is 8.52. The molecule has 1 aliphatic heterocycles. The second-order valence-electron chi connectivity index (χ2n) is 7.62. The Kier molecular flexibility index (Phi) is 3.53. The van der Waals surface area contributed by atoms with Crippen molar-refractivity contribution in [2.75, 3.05) is 0 Å². The van der Waals surface area contributed by atoms with E-state index >= 15 is 0 Å². The van der Waals surface area contributed by atoms with E-state index in [1.54, 1.807) is 6.33 Å². The number of benzene rings is 1. The van der Waals surface area contributed by atoms with Crippen LogP contribution in [0.2, 0.25) is 0 Å². The second kappa shape index (κ2) is 5.41. The van der Waals surface area contributed by atoms with E-state index in [1.165, 1.54) is 0 Å². The molecule has 0 radical (unpaired) electrons. The minimum atomic E-state index is -0.392. The normalized spacial score (nSPS) is 18.8. The number of aromatic nitrogens is 3. The van der Waals surface area contributed by atoms with Gasteiger partial charge < -0.3 is 9.31 Å². The van der Waals surface area contributed by atoms with Gasteiger partial charge in [0.15, 0.2) is 0 Å². The topological polar surface area (TPSA) is 49.2 Å². The Balaban J connectivity index is 1.77. The molecule has 1 aromatic carbocycles. The van der Waals surface area contributed by atoms with Crippen LogP contribution in [0.1, 0.15) is 33.4 Å². The van der Waals surface area contributed by atoms with Gasteiger partial charge in [0, 0.05) is 12.4 Å². The molecule has 0 atom stereocenters. The maximum atomic E-state index is 6.21. The van der Waals surface area contributed by atoms with E-state index in [9.17, 15) is 0 Å². The molecule has 1 aliphatic rings. The SMILES string of the molecule is Cc1cn(-c2cc3cccc(B4OC(C)(C)C(C)(C)O4)c3cn2)cn1. The highest BCUT2D eigenvalue weighted by Gasteiger charge is 2.52. The van der Waals surface area contributed by atoms with Crippen molar-refractivity contribution < 1.29 is 9.31 Å². The lowest BCUT2D eigenvalue weighted by Gasteiger charge is -2.32. The summed E-state index contributed by atoms with van der Waals surface area (Å²) in [5, 5.41) is 2.14. The minimum absolute atomic E-state index is 0.360. The molecular formula is C19H22BN3O2. The predicted molar refractivity (Wildman–Crippen MR) is 99.3 cm³/mol. The number of nitrogens with zero attached hydrogens (tertiary/aromatic N) is 3. The van der Waals surface area contributed by atoms with E-state index in [0.29, 0.717) is 0 Å². The molecule has 0 spiro atoms. The van der Waals surface area contributed by atoms with Crippen molar-refractivity contribution in [3.63, 3.8) is 0 Å². The largest absolute Gasteiger partial charge is 0.495 e. The molecule has 2 aromatic heterocycles. The maximum absolute atomic E-state index is 6.21. The van der Waals surface area contributed by atoms with Gasteiger partial charge in [0.2, 0.25) is 0 Å². The van der Waals surface area contributed by atoms with E-state index in [1.807, 2.05) is 36.0 Å². The number of rotatable bonds is 2. The molecular weight excluding hydrogens is 313 g/mol. The van der Waals surface area contributed by atoms with Crippen LogP contribution in [-0.2, 0) is 9.31 Å². The quantitative estimate of drug-likeness (QED) is 0.676. The molecule has 1 saturated heterocycles. The Morgan fingerprint density at radius 2 is 1.76 bits per heavy atom. The highest BCUT2D eigenvalue weighted by molar-refractivity contribution is 6.65. The van der Waals surface area contributed by atoms with Gasteiger partial charge in [-0.05, 0) is 56.9 Å². The summed E-state index contributed by atoms with van der Waals surface area (Å²) in [6, 6.07) is 8.23. The zero-order chi connectivity index (χ0) is 17.8. The lowest BCUT2D eigenvalue weighted by molar-refractivity contribution is 0.00578. The van der Waals surface area contributed by atoms with Crippen LogP contribution in [-0.4, -0.2) is 32.9 Å². The Bertz CT molecular complexity index is 933. The number of imidazole rings is 1. The molecule has 3 aromatic rings. The fourth-order valence-corrected chi connectivity index (χ4v) is 3.05. The Labute approximate surface area is 148 Å². The Morgan fingerprint density at radius 1 is 1.04 bits per heavy atom. The molecule has 0 bridgehead atoms. The predicted octanol–water partition coefficient (Wildman–Crippen LogP) is 3.03. The number of fused-ring (bicyclic) bond motifs is 1. The van der Waals surface area contributed by atoms with Gasteiger partial charge in [-0.2, -0.15) is 0 Å². The summed E-state index contributed by atoms with van der Waals surface area (Å²) in [5.74, 6) is 0.846. The molecule has 0 amide bonds. The van der Waals surface area contributed by atoms with E-state index in [-0.39, 0.29) is 11.2 Å². The van der Waals surface area contributed by atoms with Crippen molar-refractivity contribution in [1.29, 1.82) is 0 Å². The van der Waals surface area contributed by atoms with Gasteiger partial charge in [-0.25, -0.2) is 9.97 Å². The number of pyridine rings is 1. The molecule has 1 fully saturated rings. The van der Waals surface area contributed by atoms with Crippen molar-refractivity contribution >= 4 is 23.4 Å². The third-order valence-electron chi connectivity index (χ3n) is 5.27. The fraction of sp³-hybridized carbons (Fsp3) is 0.368. The van der Waals surface area contributed by atoms with Crippen LogP contribution in [0.3, 0.4) is 0 Å². The molecule has 128 valence electrons. The molecule has 0 unspecified atom stereocenters. The number of hydrogen-bond acceptors (Lipinski definition) is 4. The lowest BCUT2D eigenvalue weighted by atomic mass is 9.76. The van der Waals surface area contributed by atoms with Gasteiger partial charge in [-0.15, -0.1) is 0 Å². The summed E-state index contributed by atoms with van der Waals surface area (Å²) < 4.78 is 14.3. The molecule has 6 heteroatoms. The summed E-state index contributed by atoms with van der Waals surface area (Å²) in [6.45, 7) is 10.2. The summed E-state index contributed by atoms with van der Waals surface area (Å²) in [5.41, 5.74) is 1.26. The van der Waals surface area contributed by atoms with Crippen molar-refractivity contribution in [2.24, 2.45) is 0 Å². The first kappa shape index (κ1) is 16.3. The zero-order valence-corrected chi connectivity index (χ0v) is 15.3. The third kappa shape index (κ3) is 2.66. The lowest BCUT2D eigenvalue weighted by Crippen LogP contribution is -2.41. The molecule has 25 heavy (non-hydrogen) atoms. The first-order chi connectivity index (χ1) is 11.8. The molecule has 0 saturated carbocycles. The molecule has 3 heterocycles. The molecule has 0 aliphatic carbocycles. The van der Waals surface area contributed by atoms with Crippen molar-refractivity contribution in [3.8, 4) is 5.82 Å². The summed E-state index contributed by atoms with van der Waals surface area (Å²) in [6.07, 6.45) is 5.63. The average molecular weight is 335 g/mol. The first-order valence-corrected chi connectivity index (χ1v) is 8.52. The maximum Gasteiger partial charge on any atom is 0.495 e. The van der Waals surface area contributed by atoms with Crippen LogP contribution in [0.15, 0.2) is 43.0 Å². The van der Waals surface area contributed by atoms with Crippen molar-refractivity contribution in [3.05, 3.63) is 48.7 Å². The van der Waals surface area contributed by atoms with E-state index < -0.39 is 7.12 Å². The fourth-order valence-electron chi connectivity index (χ4n) is 3.05. The van der Waals surface area contributed by atoms with Crippen LogP contribution in [0.4, 0.5) is 0 Å². The molecule has 4 rings (SSSR count). The van der Waals surface area contributed by atoms with E-state index in [2.05, 4.69) is 49.8 Å². The van der Waals surface area contributed by atoms with Crippen LogP contribution in [0, 0.1) is 6.92 Å². The standard InChI is InChI=1S/C19H22BN3O2/c1-13-11-23(12-22-13)17-9-14-7-6-8-16(15(14)10-21-17)20-24-18(2,3)19(4,5)25-20/h6-12H,1-5H3. The van der Waals surface area contributed by atoms with Gasteiger partial charge in [0.05, 0.1) is 16.9 Å². The van der Waals surface area contributed by atoms with Gasteiger partial charge >= 0.3 is 7.12 Å². The van der Waals surface area contributed by atoms with E-state index in [4.69, 9.17) is 9.31 Å². The molecule has 0 N–H and O–H groups in total. The second-order valence-corrected chi connectivity index (χ2v) is 7.62. The minimum Gasteiger partial charge on any atom is -0.399 e. The van der Waals surface area contributed by atoms with Gasteiger partial charge in [-0.3, -0.25) is 4.57 Å². The number of aryl methyl sites for hydroxylation is 1. The van der Waals surface area contributed by atoms with Gasteiger partial charge in [-0.1, -0.05) is 18.2 Å². The summed E-state index contributed by atoms with van der Waals surface area (Å²) >= 11 is 0. The van der Waals surface area contributed by atoms with Crippen LogP contribution >= 0.6 is 0 Å². The van der Waals surface area contributed by atoms with E-state index in [0.717, 1.165) is 27.7 Å². The van der Waals surface area contributed by atoms with Crippen LogP contribution in [0.25, 0.3) is 16.6 Å². The highest BCUT2D eigenvalue weighted by Crippen LogP contribution is 2.37. The van der Waals surface area contributed by atoms with Crippen LogP contribution in [0.5, 0.6) is 0 Å². The average Bonchev–Trinajstić information content (AvgIpc) is 3.07. The zero-order valence-electron chi connectivity index (χ0n) is 15.3. The van der Waals surface area contributed by atoms with Crippen molar-refractivity contribution in [1.82, 2.24) is 14.5 Å². The monoisotopic (exact) mass is 335 g/mol. The third-order valence-corrected chi connectivity index (χ3v) is 5.27. The highest BCUT2D eigenvalue weighted by atomic mass is 16.7. The Hall–Kier alpha value is -2.18. The smallest absolute Gasteiger partial charge is 0.399 e. The number of hydrogen-bond donors (Lipinski definition) is 0. The Morgan fingerprint density at radius 3 is 2.40 bits per heavy atom. The van der Waals surface area contributed by atoms with Gasteiger partial charge in [0.25, 0.3) is 0 Å². The summed E-state index contributed by atoms with van der Waals surface area (Å²) in [4.78, 5) is 8.88. The van der Waals surface area contributed by atoms with Gasteiger partial charge in [0.1, 0.15) is 12.1 Å². The summed E-state index contributed by atoms with van der Waals surface area (Å²) in [7, 11) is -0.392. The molecule has 5 nitrogen and oxygen atoms in total. The van der Waals surface area contributed by atoms with Crippen molar-refractivity contribution in [2.45, 2.75) is 45.8 Å². The van der Waals surface area contributed by atoms with Crippen LogP contribution < -0.4 is 5.46 Å².